The molecular formula is C14H15BrN2O3. The zero-order valence-electron chi connectivity index (χ0n) is 11.0. The van der Waals surface area contributed by atoms with Gasteiger partial charge in [-0.25, -0.2) is 4.79 Å². The molecule has 1 aromatic heterocycles. The maximum atomic E-state index is 12.0. The molecule has 2 N–H and O–H groups in total. The minimum absolute atomic E-state index is 0.105. The number of nitrogens with one attached hydrogen (secondary N) is 1. The van der Waals surface area contributed by atoms with Crippen LogP contribution >= 0.6 is 15.9 Å². The van der Waals surface area contributed by atoms with Gasteiger partial charge in [0.25, 0.3) is 5.56 Å². The second kappa shape index (κ2) is 6.09. The number of benzene rings is 1. The third kappa shape index (κ3) is 2.70. The van der Waals surface area contributed by atoms with E-state index in [-0.39, 0.29) is 11.4 Å². The molecule has 0 radical (unpaired) electrons. The summed E-state index contributed by atoms with van der Waals surface area (Å²) in [6.07, 6.45) is 1.63. The summed E-state index contributed by atoms with van der Waals surface area (Å²) in [5, 5.41) is 10.3. The van der Waals surface area contributed by atoms with Crippen molar-refractivity contribution < 1.29 is 5.11 Å². The Hall–Kier alpha value is -1.82. The monoisotopic (exact) mass is 338 g/mol. The maximum Gasteiger partial charge on any atom is 0.331 e. The van der Waals surface area contributed by atoms with Crippen LogP contribution in [0.15, 0.2) is 38.3 Å². The van der Waals surface area contributed by atoms with E-state index >= 15 is 0 Å². The fourth-order valence-electron chi connectivity index (χ4n) is 1.99. The van der Waals surface area contributed by atoms with E-state index in [9.17, 15) is 14.7 Å². The molecule has 0 aliphatic heterocycles. The van der Waals surface area contributed by atoms with Gasteiger partial charge in [-0.05, 0) is 12.5 Å². The molecule has 5 nitrogen and oxygen atoms in total. The van der Waals surface area contributed by atoms with Crippen molar-refractivity contribution in [3.8, 4) is 17.0 Å². The first-order valence-electron chi connectivity index (χ1n) is 6.37. The van der Waals surface area contributed by atoms with Crippen LogP contribution in [0, 0.1) is 0 Å². The topological polar surface area (TPSA) is 75.1 Å². The van der Waals surface area contributed by atoms with Crippen molar-refractivity contribution in [2.45, 2.75) is 26.3 Å². The van der Waals surface area contributed by atoms with Crippen LogP contribution in [0.25, 0.3) is 11.1 Å². The Kier molecular flexibility index (Phi) is 4.44. The second-order valence-electron chi connectivity index (χ2n) is 4.44. The minimum atomic E-state index is -0.591. The van der Waals surface area contributed by atoms with Gasteiger partial charge in [-0.1, -0.05) is 47.5 Å². The summed E-state index contributed by atoms with van der Waals surface area (Å²) in [5.41, 5.74) is -0.520. The number of nitrogens with zero attached hydrogens (tertiary/aromatic N) is 1. The SMILES string of the molecule is CCCCn1c(O)c(-c2ccccc2Br)c(=O)[nH]c1=O. The molecule has 0 unspecified atom stereocenters. The fourth-order valence-corrected chi connectivity index (χ4v) is 2.47. The molecule has 20 heavy (non-hydrogen) atoms. The lowest BCUT2D eigenvalue weighted by atomic mass is 10.1. The predicted octanol–water partition coefficient (Wildman–Crippen LogP) is 2.47. The van der Waals surface area contributed by atoms with E-state index in [1.807, 2.05) is 13.0 Å². The molecule has 6 heteroatoms. The highest BCUT2D eigenvalue weighted by Crippen LogP contribution is 2.30. The zero-order valence-corrected chi connectivity index (χ0v) is 12.6. The quantitative estimate of drug-likeness (QED) is 0.899. The third-order valence-electron chi connectivity index (χ3n) is 3.05. The van der Waals surface area contributed by atoms with Gasteiger partial charge in [0.1, 0.15) is 5.56 Å². The number of aromatic amines is 1. The average molecular weight is 339 g/mol. The first kappa shape index (κ1) is 14.6. The summed E-state index contributed by atoms with van der Waals surface area (Å²) in [6, 6.07) is 7.06. The van der Waals surface area contributed by atoms with Crippen LogP contribution in [0.4, 0.5) is 0 Å². The van der Waals surface area contributed by atoms with Crippen molar-refractivity contribution in [2.24, 2.45) is 0 Å². The van der Waals surface area contributed by atoms with Crippen molar-refractivity contribution in [3.63, 3.8) is 0 Å². The van der Waals surface area contributed by atoms with Gasteiger partial charge in [0, 0.05) is 16.6 Å². The molecule has 0 aliphatic carbocycles. The van der Waals surface area contributed by atoms with Gasteiger partial charge < -0.3 is 5.11 Å². The van der Waals surface area contributed by atoms with Gasteiger partial charge in [0.15, 0.2) is 0 Å². The van der Waals surface area contributed by atoms with Gasteiger partial charge >= 0.3 is 5.69 Å². The molecule has 0 aliphatic rings. The van der Waals surface area contributed by atoms with E-state index in [2.05, 4.69) is 20.9 Å². The summed E-state index contributed by atoms with van der Waals surface area (Å²) >= 11 is 3.35. The number of hydrogen-bond acceptors (Lipinski definition) is 3. The fraction of sp³-hybridized carbons (Fsp3) is 0.286. The molecule has 106 valence electrons. The van der Waals surface area contributed by atoms with Crippen molar-refractivity contribution in [3.05, 3.63) is 49.6 Å². The van der Waals surface area contributed by atoms with Crippen molar-refractivity contribution in [1.29, 1.82) is 0 Å². The summed E-state index contributed by atoms with van der Waals surface area (Å²) in [6.45, 7) is 2.36. The summed E-state index contributed by atoms with van der Waals surface area (Å²) < 4.78 is 1.88. The molecular weight excluding hydrogens is 324 g/mol. The molecule has 2 rings (SSSR count). The molecule has 0 amide bonds. The lowest BCUT2D eigenvalue weighted by molar-refractivity contribution is 0.398. The third-order valence-corrected chi connectivity index (χ3v) is 3.74. The number of hydrogen-bond donors (Lipinski definition) is 2. The molecule has 0 bridgehead atoms. The highest BCUT2D eigenvalue weighted by molar-refractivity contribution is 9.10. The zero-order chi connectivity index (χ0) is 14.7. The lowest BCUT2D eigenvalue weighted by Crippen LogP contribution is -2.31. The standard InChI is InChI=1S/C14H15BrN2O3/c1-2-3-8-17-13(19)11(12(18)16-14(17)20)9-6-4-5-7-10(9)15/h4-7,19H,2-3,8H2,1H3,(H,16,18,20). The predicted molar refractivity (Wildman–Crippen MR) is 81.0 cm³/mol. The van der Waals surface area contributed by atoms with E-state index in [4.69, 9.17) is 0 Å². The van der Waals surface area contributed by atoms with E-state index in [1.54, 1.807) is 18.2 Å². The van der Waals surface area contributed by atoms with Gasteiger partial charge in [0.05, 0.1) is 0 Å². The number of H-pyrrole nitrogens is 1. The number of halogens is 1. The highest BCUT2D eigenvalue weighted by Gasteiger charge is 2.17. The van der Waals surface area contributed by atoms with Crippen LogP contribution in [0.2, 0.25) is 0 Å². The normalized spacial score (nSPS) is 10.7. The Labute approximate surface area is 124 Å². The van der Waals surface area contributed by atoms with Gasteiger partial charge in [0.2, 0.25) is 5.88 Å². The number of unbranched alkanes of at least 4 members (excludes halogenated alkanes) is 1. The summed E-state index contributed by atoms with van der Waals surface area (Å²) in [7, 11) is 0. The molecule has 0 fully saturated rings. The Morgan fingerprint density at radius 3 is 2.65 bits per heavy atom. The highest BCUT2D eigenvalue weighted by atomic mass is 79.9. The van der Waals surface area contributed by atoms with Crippen LogP contribution in [0.3, 0.4) is 0 Å². The largest absolute Gasteiger partial charge is 0.494 e. The first-order valence-corrected chi connectivity index (χ1v) is 7.16. The van der Waals surface area contributed by atoms with E-state index in [0.717, 1.165) is 12.8 Å². The molecule has 1 aromatic carbocycles. The Balaban J connectivity index is 2.68. The Bertz CT molecular complexity index is 734. The van der Waals surface area contributed by atoms with Crippen LogP contribution in [-0.4, -0.2) is 14.7 Å². The first-order chi connectivity index (χ1) is 9.56. The van der Waals surface area contributed by atoms with Gasteiger partial charge in [-0.2, -0.15) is 0 Å². The second-order valence-corrected chi connectivity index (χ2v) is 5.30. The van der Waals surface area contributed by atoms with Crippen LogP contribution < -0.4 is 11.2 Å². The smallest absolute Gasteiger partial charge is 0.331 e. The molecule has 1 heterocycles. The van der Waals surface area contributed by atoms with E-state index < -0.39 is 11.2 Å². The van der Waals surface area contributed by atoms with Crippen LogP contribution in [0.1, 0.15) is 19.8 Å². The van der Waals surface area contributed by atoms with Gasteiger partial charge in [-0.3, -0.25) is 14.3 Å². The number of rotatable bonds is 4. The number of aromatic nitrogens is 2. The molecule has 2 aromatic rings. The van der Waals surface area contributed by atoms with E-state index in [1.165, 1.54) is 4.57 Å². The summed E-state index contributed by atoms with van der Waals surface area (Å²) in [4.78, 5) is 26.0. The lowest BCUT2D eigenvalue weighted by Gasteiger charge is -2.11. The maximum absolute atomic E-state index is 12.0. The average Bonchev–Trinajstić information content (AvgIpc) is 2.40. The van der Waals surface area contributed by atoms with Crippen LogP contribution in [0.5, 0.6) is 5.88 Å². The molecule has 0 saturated carbocycles. The molecule has 0 spiro atoms. The van der Waals surface area contributed by atoms with Gasteiger partial charge in [-0.15, -0.1) is 0 Å². The Morgan fingerprint density at radius 1 is 1.30 bits per heavy atom. The Morgan fingerprint density at radius 2 is 2.00 bits per heavy atom. The van der Waals surface area contributed by atoms with Crippen molar-refractivity contribution >= 4 is 15.9 Å². The summed E-state index contributed by atoms with van der Waals surface area (Å²) in [5.74, 6) is -0.292. The van der Waals surface area contributed by atoms with Crippen molar-refractivity contribution in [1.82, 2.24) is 9.55 Å². The molecule has 0 saturated heterocycles. The van der Waals surface area contributed by atoms with E-state index in [0.29, 0.717) is 16.6 Å². The van der Waals surface area contributed by atoms with Crippen LogP contribution in [-0.2, 0) is 6.54 Å². The van der Waals surface area contributed by atoms with Crippen molar-refractivity contribution in [2.75, 3.05) is 0 Å². The molecule has 0 atom stereocenters. The number of aromatic hydroxyl groups is 1. The minimum Gasteiger partial charge on any atom is -0.494 e.